The Hall–Kier alpha value is -3.98. The van der Waals surface area contributed by atoms with Gasteiger partial charge in [0.1, 0.15) is 11.6 Å². The van der Waals surface area contributed by atoms with Gasteiger partial charge in [0.2, 0.25) is 5.88 Å². The van der Waals surface area contributed by atoms with Crippen LogP contribution in [0.15, 0.2) is 28.0 Å². The fourth-order valence-corrected chi connectivity index (χ4v) is 5.41. The molecule has 1 fully saturated rings. The van der Waals surface area contributed by atoms with E-state index in [9.17, 15) is 33.2 Å². The lowest BCUT2D eigenvalue weighted by molar-refractivity contribution is 0.0587. The number of pyridine rings is 1. The van der Waals surface area contributed by atoms with Crippen molar-refractivity contribution >= 4 is 33.7 Å². The van der Waals surface area contributed by atoms with Gasteiger partial charge in [-0.2, -0.15) is 5.26 Å². The van der Waals surface area contributed by atoms with Gasteiger partial charge in [-0.25, -0.2) is 18.0 Å². The smallest absolute Gasteiger partial charge is 0.340 e. The quantitative estimate of drug-likeness (QED) is 0.485. The van der Waals surface area contributed by atoms with E-state index in [2.05, 4.69) is 9.73 Å². The number of rotatable bonds is 5. The molecule has 2 aromatic rings. The van der Waals surface area contributed by atoms with E-state index < -0.39 is 39.3 Å². The molecule has 1 N–H and O–H groups in total. The van der Waals surface area contributed by atoms with Gasteiger partial charge in [0.25, 0.3) is 5.56 Å². The molecule has 1 aromatic carbocycles. The number of aromatic hydroxyl groups is 1. The fraction of sp³-hybridized carbons (Fsp3) is 0.318. The molecule has 0 amide bonds. The molecule has 1 aromatic heterocycles. The van der Waals surface area contributed by atoms with Gasteiger partial charge in [-0.15, -0.1) is 0 Å². The molecule has 0 saturated carbocycles. The maximum Gasteiger partial charge on any atom is 0.340 e. The minimum Gasteiger partial charge on any atom is -0.494 e. The highest BCUT2D eigenvalue weighted by molar-refractivity contribution is 7.91. The summed E-state index contributed by atoms with van der Waals surface area (Å²) in [7, 11) is -1.03. The highest BCUT2D eigenvalue weighted by atomic mass is 32.2. The van der Waals surface area contributed by atoms with Crippen molar-refractivity contribution in [3.05, 3.63) is 56.4 Å². The number of ether oxygens (including phenoxy) is 2. The normalized spacial score (nSPS) is 16.8. The summed E-state index contributed by atoms with van der Waals surface area (Å²) in [5, 5.41) is 20.4. The van der Waals surface area contributed by atoms with Crippen molar-refractivity contribution < 1.29 is 32.6 Å². The number of carbonyl (C=O) groups excluding carboxylic acids is 2. The number of nitriles is 1. The number of aliphatic imine (C=N–C) groups is 1. The molecular weight excluding hydrogens is 466 g/mol. The van der Waals surface area contributed by atoms with Crippen LogP contribution in [-0.2, 0) is 19.3 Å². The molecule has 0 aliphatic carbocycles. The maximum atomic E-state index is 12.8. The molecule has 12 heteroatoms. The maximum absolute atomic E-state index is 12.8. The van der Waals surface area contributed by atoms with Crippen molar-refractivity contribution in [1.29, 1.82) is 5.26 Å². The predicted octanol–water partition coefficient (Wildman–Crippen LogP) is 1.42. The summed E-state index contributed by atoms with van der Waals surface area (Å²) in [6.45, 7) is 1.43. The van der Waals surface area contributed by atoms with Gasteiger partial charge in [0.05, 0.1) is 54.1 Å². The molecule has 178 valence electrons. The average molecular weight is 487 g/mol. The van der Waals surface area contributed by atoms with Gasteiger partial charge < -0.3 is 14.6 Å². The standard InChI is InChI=1S/C22H21N3O8S/c1-12-16(9-23)19(26)25(14-6-7-34(30,31)11-14)20(27)17(12)10-24-18-8-13(21(28)32-2)4-5-15(18)22(29)33-3/h4-5,8,10,14,27H,6-7,11H2,1-3H3. The number of nitrogens with zero attached hydrogens (tertiary/aromatic N) is 3. The molecule has 0 spiro atoms. The van der Waals surface area contributed by atoms with Crippen LogP contribution in [0.2, 0.25) is 0 Å². The molecule has 0 radical (unpaired) electrons. The van der Waals surface area contributed by atoms with Crippen molar-refractivity contribution in [3.8, 4) is 11.9 Å². The van der Waals surface area contributed by atoms with Gasteiger partial charge in [0, 0.05) is 6.21 Å². The third kappa shape index (κ3) is 4.55. The number of carbonyl (C=O) groups is 2. The molecule has 1 aliphatic rings. The highest BCUT2D eigenvalue weighted by Crippen LogP contribution is 2.30. The van der Waals surface area contributed by atoms with E-state index in [1.54, 1.807) is 6.07 Å². The summed E-state index contributed by atoms with van der Waals surface area (Å²) in [5.74, 6) is -2.46. The molecule has 11 nitrogen and oxygen atoms in total. The van der Waals surface area contributed by atoms with Crippen molar-refractivity contribution in [2.45, 2.75) is 19.4 Å². The topological polar surface area (TPSA) is 165 Å². The highest BCUT2D eigenvalue weighted by Gasteiger charge is 2.33. The Morgan fingerprint density at radius 2 is 1.94 bits per heavy atom. The van der Waals surface area contributed by atoms with Crippen LogP contribution in [0.3, 0.4) is 0 Å². The predicted molar refractivity (Wildman–Crippen MR) is 121 cm³/mol. The molecule has 1 atom stereocenters. The Morgan fingerprint density at radius 3 is 2.50 bits per heavy atom. The van der Waals surface area contributed by atoms with Gasteiger partial charge in [-0.05, 0) is 37.1 Å². The average Bonchev–Trinajstić information content (AvgIpc) is 3.17. The number of sulfone groups is 1. The number of benzene rings is 1. The van der Waals surface area contributed by atoms with E-state index in [1.165, 1.54) is 39.3 Å². The molecule has 2 heterocycles. The summed E-state index contributed by atoms with van der Waals surface area (Å²) in [6, 6.07) is 4.91. The van der Waals surface area contributed by atoms with E-state index >= 15 is 0 Å². The second kappa shape index (κ2) is 9.48. The first-order chi connectivity index (χ1) is 16.0. The SMILES string of the molecule is COC(=O)c1ccc(C(=O)OC)c(N=Cc2c(C)c(C#N)c(=O)n(C3CCS(=O)(=O)C3)c2O)c1. The summed E-state index contributed by atoms with van der Waals surface area (Å²) in [6.07, 6.45) is 1.24. The molecule has 1 saturated heterocycles. The molecule has 1 aliphatic heterocycles. The number of aromatic nitrogens is 1. The Balaban J connectivity index is 2.20. The fourth-order valence-electron chi connectivity index (χ4n) is 3.71. The van der Waals surface area contributed by atoms with Crippen LogP contribution < -0.4 is 5.56 Å². The third-order valence-corrected chi connectivity index (χ3v) is 7.27. The number of esters is 2. The summed E-state index contributed by atoms with van der Waals surface area (Å²) >= 11 is 0. The first kappa shape index (κ1) is 24.7. The van der Waals surface area contributed by atoms with E-state index in [0.29, 0.717) is 0 Å². The van der Waals surface area contributed by atoms with Crippen LogP contribution in [0.5, 0.6) is 5.88 Å². The number of methoxy groups -OCH3 is 2. The lowest BCUT2D eigenvalue weighted by Crippen LogP contribution is -2.29. The van der Waals surface area contributed by atoms with Crippen LogP contribution >= 0.6 is 0 Å². The second-order valence-corrected chi connectivity index (χ2v) is 9.78. The Morgan fingerprint density at radius 1 is 1.26 bits per heavy atom. The van der Waals surface area contributed by atoms with Gasteiger partial charge in [0.15, 0.2) is 9.84 Å². The summed E-state index contributed by atoms with van der Waals surface area (Å²) < 4.78 is 34.2. The molecule has 3 rings (SSSR count). The van der Waals surface area contributed by atoms with E-state index in [4.69, 9.17) is 4.74 Å². The largest absolute Gasteiger partial charge is 0.494 e. The van der Waals surface area contributed by atoms with Crippen LogP contribution in [0.4, 0.5) is 5.69 Å². The minimum atomic E-state index is -3.39. The van der Waals surface area contributed by atoms with Crippen LogP contribution in [-0.4, -0.2) is 62.0 Å². The third-order valence-electron chi connectivity index (χ3n) is 5.52. The lowest BCUT2D eigenvalue weighted by atomic mass is 10.0. The van der Waals surface area contributed by atoms with E-state index in [1.807, 2.05) is 0 Å². The first-order valence-electron chi connectivity index (χ1n) is 9.98. The summed E-state index contributed by atoms with van der Waals surface area (Å²) in [4.78, 5) is 41.1. The van der Waals surface area contributed by atoms with E-state index in [-0.39, 0.29) is 51.4 Å². The first-order valence-corrected chi connectivity index (χ1v) is 11.8. The molecule has 0 bridgehead atoms. The van der Waals surface area contributed by atoms with Crippen molar-refractivity contribution in [1.82, 2.24) is 4.57 Å². The monoisotopic (exact) mass is 487 g/mol. The lowest BCUT2D eigenvalue weighted by Gasteiger charge is -2.18. The van der Waals surface area contributed by atoms with Gasteiger partial charge in [-0.3, -0.25) is 14.4 Å². The van der Waals surface area contributed by atoms with Crippen molar-refractivity contribution in [2.24, 2.45) is 4.99 Å². The Bertz CT molecular complexity index is 1420. The Labute approximate surface area is 194 Å². The molecular formula is C22H21N3O8S. The van der Waals surface area contributed by atoms with Crippen LogP contribution in [0, 0.1) is 18.3 Å². The number of hydrogen-bond donors (Lipinski definition) is 1. The minimum absolute atomic E-state index is 0.00764. The number of hydrogen-bond acceptors (Lipinski definition) is 10. The zero-order valence-corrected chi connectivity index (χ0v) is 19.4. The van der Waals surface area contributed by atoms with Crippen molar-refractivity contribution in [3.63, 3.8) is 0 Å². The van der Waals surface area contributed by atoms with Crippen LogP contribution in [0.1, 0.15) is 49.9 Å². The summed E-state index contributed by atoms with van der Waals surface area (Å²) in [5.41, 5.74) is -0.858. The Kier molecular flexibility index (Phi) is 6.88. The molecule has 34 heavy (non-hydrogen) atoms. The van der Waals surface area contributed by atoms with Gasteiger partial charge in [-0.1, -0.05) is 0 Å². The van der Waals surface area contributed by atoms with Crippen molar-refractivity contribution in [2.75, 3.05) is 25.7 Å². The second-order valence-electron chi connectivity index (χ2n) is 7.55. The van der Waals surface area contributed by atoms with Crippen LogP contribution in [0.25, 0.3) is 0 Å². The van der Waals surface area contributed by atoms with Gasteiger partial charge >= 0.3 is 11.9 Å². The molecule has 1 unspecified atom stereocenters. The van der Waals surface area contributed by atoms with E-state index in [0.717, 1.165) is 10.8 Å². The zero-order valence-electron chi connectivity index (χ0n) is 18.6. The zero-order chi connectivity index (χ0) is 25.2.